The van der Waals surface area contributed by atoms with Gasteiger partial charge in [-0.25, -0.2) is 13.4 Å². The van der Waals surface area contributed by atoms with Crippen molar-refractivity contribution in [2.24, 2.45) is 0 Å². The fraction of sp³-hybridized carbons (Fsp3) is 0.267. The molecule has 1 N–H and O–H groups in total. The van der Waals surface area contributed by atoms with E-state index in [0.29, 0.717) is 16.3 Å². The fourth-order valence-corrected chi connectivity index (χ4v) is 3.75. The number of rotatable bonds is 4. The SMILES string of the molecule is COc1c(C)cc(S(=O)(=O)Nc2ccc(Cl)cn2)c(C)c1C. The molecule has 0 radical (unpaired) electrons. The van der Waals surface area contributed by atoms with Gasteiger partial charge >= 0.3 is 0 Å². The molecule has 0 amide bonds. The van der Waals surface area contributed by atoms with Gasteiger partial charge in [-0.3, -0.25) is 4.72 Å². The number of nitrogens with one attached hydrogen (secondary N) is 1. The number of anilines is 1. The molecule has 0 saturated heterocycles. The summed E-state index contributed by atoms with van der Waals surface area (Å²) in [5.41, 5.74) is 2.20. The van der Waals surface area contributed by atoms with Crippen molar-refractivity contribution in [2.75, 3.05) is 11.8 Å². The van der Waals surface area contributed by atoms with Crippen LogP contribution in [0.1, 0.15) is 16.7 Å². The second-order valence-corrected chi connectivity index (χ2v) is 7.03. The highest BCUT2D eigenvalue weighted by molar-refractivity contribution is 7.92. The van der Waals surface area contributed by atoms with Crippen molar-refractivity contribution >= 4 is 27.4 Å². The van der Waals surface area contributed by atoms with E-state index in [0.717, 1.165) is 11.1 Å². The summed E-state index contributed by atoms with van der Waals surface area (Å²) < 4.78 is 32.9. The van der Waals surface area contributed by atoms with Crippen molar-refractivity contribution in [3.8, 4) is 5.75 Å². The monoisotopic (exact) mass is 340 g/mol. The van der Waals surface area contributed by atoms with E-state index in [4.69, 9.17) is 16.3 Å². The van der Waals surface area contributed by atoms with Gasteiger partial charge in [0, 0.05) is 6.20 Å². The second kappa shape index (κ2) is 6.14. The summed E-state index contributed by atoms with van der Waals surface area (Å²) in [6, 6.07) is 4.68. The first-order valence-corrected chi connectivity index (χ1v) is 8.41. The van der Waals surface area contributed by atoms with Crippen LogP contribution in [0, 0.1) is 20.8 Å². The minimum absolute atomic E-state index is 0.208. The van der Waals surface area contributed by atoms with E-state index in [1.165, 1.54) is 12.3 Å². The molecule has 0 atom stereocenters. The number of halogens is 1. The number of hydrogen-bond acceptors (Lipinski definition) is 4. The van der Waals surface area contributed by atoms with Gasteiger partial charge in [0.25, 0.3) is 10.0 Å². The number of hydrogen-bond donors (Lipinski definition) is 1. The van der Waals surface area contributed by atoms with Crippen molar-refractivity contribution in [3.05, 3.63) is 46.1 Å². The van der Waals surface area contributed by atoms with Gasteiger partial charge in [0.05, 0.1) is 17.0 Å². The molecule has 1 aromatic carbocycles. The zero-order chi connectivity index (χ0) is 16.5. The number of aromatic nitrogens is 1. The molecule has 7 heteroatoms. The summed E-state index contributed by atoms with van der Waals surface area (Å²) in [7, 11) is -2.17. The maximum Gasteiger partial charge on any atom is 0.263 e. The van der Waals surface area contributed by atoms with Crippen LogP contribution in [0.25, 0.3) is 0 Å². The Labute approximate surface area is 135 Å². The Bertz CT molecular complexity index is 803. The minimum Gasteiger partial charge on any atom is -0.496 e. The van der Waals surface area contributed by atoms with E-state index in [1.807, 2.05) is 13.8 Å². The molecule has 118 valence electrons. The van der Waals surface area contributed by atoms with Crippen molar-refractivity contribution in [1.82, 2.24) is 4.98 Å². The first-order chi connectivity index (χ1) is 10.3. The molecule has 0 spiro atoms. The maximum atomic E-state index is 12.6. The second-order valence-electron chi connectivity index (χ2n) is 4.94. The lowest BCUT2D eigenvalue weighted by atomic mass is 10.1. The van der Waals surface area contributed by atoms with E-state index in [9.17, 15) is 8.42 Å². The van der Waals surface area contributed by atoms with Crippen LogP contribution < -0.4 is 9.46 Å². The average molecular weight is 341 g/mol. The summed E-state index contributed by atoms with van der Waals surface area (Å²) in [4.78, 5) is 4.16. The molecule has 1 heterocycles. The zero-order valence-corrected chi connectivity index (χ0v) is 14.3. The predicted octanol–water partition coefficient (Wildman–Crippen LogP) is 3.47. The molecular formula is C15H17ClN2O3S. The van der Waals surface area contributed by atoms with Gasteiger partial charge in [0.1, 0.15) is 11.6 Å². The molecule has 5 nitrogen and oxygen atoms in total. The molecule has 0 aliphatic carbocycles. The van der Waals surface area contributed by atoms with Gasteiger partial charge in [-0.2, -0.15) is 0 Å². The molecule has 1 aromatic heterocycles. The van der Waals surface area contributed by atoms with Crippen LogP contribution >= 0.6 is 11.6 Å². The van der Waals surface area contributed by atoms with Gasteiger partial charge in [-0.15, -0.1) is 0 Å². The quantitative estimate of drug-likeness (QED) is 0.925. The van der Waals surface area contributed by atoms with E-state index < -0.39 is 10.0 Å². The molecule has 22 heavy (non-hydrogen) atoms. The van der Waals surface area contributed by atoms with Crippen LogP contribution in [0.15, 0.2) is 29.3 Å². The number of sulfonamides is 1. The molecular weight excluding hydrogens is 324 g/mol. The highest BCUT2D eigenvalue weighted by atomic mass is 35.5. The van der Waals surface area contributed by atoms with Gasteiger partial charge in [0.2, 0.25) is 0 Å². The van der Waals surface area contributed by atoms with Crippen LogP contribution in [0.4, 0.5) is 5.82 Å². The Morgan fingerprint density at radius 2 is 1.86 bits per heavy atom. The largest absolute Gasteiger partial charge is 0.496 e. The van der Waals surface area contributed by atoms with E-state index >= 15 is 0 Å². The number of methoxy groups -OCH3 is 1. The third-order valence-electron chi connectivity index (χ3n) is 3.44. The standard InChI is InChI=1S/C15H17ClN2O3S/c1-9-7-13(10(2)11(3)15(9)21-4)22(19,20)18-14-6-5-12(16)8-17-14/h5-8H,1-4H3,(H,17,18). The Hall–Kier alpha value is -1.79. The molecule has 2 aromatic rings. The van der Waals surface area contributed by atoms with Crippen molar-refractivity contribution in [3.63, 3.8) is 0 Å². The normalized spacial score (nSPS) is 11.3. The summed E-state index contributed by atoms with van der Waals surface area (Å²) in [5, 5.41) is 0.440. The summed E-state index contributed by atoms with van der Waals surface area (Å²) in [5.74, 6) is 0.913. The van der Waals surface area contributed by atoms with Gasteiger partial charge < -0.3 is 4.74 Å². The van der Waals surface area contributed by atoms with Crippen LogP contribution in [0.5, 0.6) is 5.75 Å². The first-order valence-electron chi connectivity index (χ1n) is 6.55. The molecule has 0 saturated carbocycles. The Kier molecular flexibility index (Phi) is 4.63. The topological polar surface area (TPSA) is 68.3 Å². The van der Waals surface area contributed by atoms with Crippen molar-refractivity contribution < 1.29 is 13.2 Å². The maximum absolute atomic E-state index is 12.6. The van der Waals surface area contributed by atoms with Crippen molar-refractivity contribution in [1.29, 1.82) is 0 Å². The smallest absolute Gasteiger partial charge is 0.263 e. The molecule has 2 rings (SSSR count). The van der Waals surface area contributed by atoms with Gasteiger partial charge in [-0.05, 0) is 55.7 Å². The first kappa shape index (κ1) is 16.6. The van der Waals surface area contributed by atoms with Gasteiger partial charge in [0.15, 0.2) is 0 Å². The van der Waals surface area contributed by atoms with Crippen LogP contribution in [0.3, 0.4) is 0 Å². The Balaban J connectivity index is 2.48. The number of benzene rings is 1. The fourth-order valence-electron chi connectivity index (χ4n) is 2.24. The molecule has 0 fully saturated rings. The third-order valence-corrected chi connectivity index (χ3v) is 5.14. The van der Waals surface area contributed by atoms with E-state index in [1.54, 1.807) is 26.2 Å². The van der Waals surface area contributed by atoms with Crippen LogP contribution in [-0.4, -0.2) is 20.5 Å². The molecule has 0 aliphatic rings. The lowest BCUT2D eigenvalue weighted by Gasteiger charge is -2.16. The Morgan fingerprint density at radius 1 is 1.18 bits per heavy atom. The lowest BCUT2D eigenvalue weighted by Crippen LogP contribution is -2.16. The summed E-state index contributed by atoms with van der Waals surface area (Å²) in [6.07, 6.45) is 1.39. The zero-order valence-electron chi connectivity index (χ0n) is 12.8. The number of aryl methyl sites for hydroxylation is 1. The number of nitrogens with zero attached hydrogens (tertiary/aromatic N) is 1. The molecule has 0 aliphatic heterocycles. The predicted molar refractivity (Wildman–Crippen MR) is 87.3 cm³/mol. The molecule has 0 bridgehead atoms. The van der Waals surface area contributed by atoms with E-state index in [-0.39, 0.29) is 10.7 Å². The summed E-state index contributed by atoms with van der Waals surface area (Å²) >= 11 is 5.75. The van der Waals surface area contributed by atoms with E-state index in [2.05, 4.69) is 9.71 Å². The number of ether oxygens (including phenoxy) is 1. The van der Waals surface area contributed by atoms with Crippen LogP contribution in [0.2, 0.25) is 5.02 Å². The third kappa shape index (κ3) is 3.18. The lowest BCUT2D eigenvalue weighted by molar-refractivity contribution is 0.407. The van der Waals surface area contributed by atoms with Crippen LogP contribution in [-0.2, 0) is 10.0 Å². The highest BCUT2D eigenvalue weighted by Crippen LogP contribution is 2.31. The van der Waals surface area contributed by atoms with Crippen molar-refractivity contribution in [2.45, 2.75) is 25.7 Å². The Morgan fingerprint density at radius 3 is 2.41 bits per heavy atom. The average Bonchev–Trinajstić information content (AvgIpc) is 2.45. The minimum atomic E-state index is -3.74. The number of pyridine rings is 1. The van der Waals surface area contributed by atoms with Gasteiger partial charge in [-0.1, -0.05) is 11.6 Å². The molecule has 0 unspecified atom stereocenters. The summed E-state index contributed by atoms with van der Waals surface area (Å²) in [6.45, 7) is 5.40. The highest BCUT2D eigenvalue weighted by Gasteiger charge is 2.21.